The molecule has 1 saturated heterocycles. The molecule has 4 rings (SSSR count). The molecule has 1 aliphatic heterocycles. The fourth-order valence-electron chi connectivity index (χ4n) is 4.16. The minimum Gasteiger partial charge on any atom is -0.302 e. The van der Waals surface area contributed by atoms with Crippen molar-refractivity contribution < 1.29 is 13.2 Å². The van der Waals surface area contributed by atoms with Crippen LogP contribution in [0, 0.1) is 26.7 Å². The van der Waals surface area contributed by atoms with Gasteiger partial charge in [-0.15, -0.1) is 22.7 Å². The number of rotatable bonds is 5. The average molecular weight is 510 g/mol. The minimum absolute atomic E-state index is 0.112. The molecule has 3 heterocycles. The van der Waals surface area contributed by atoms with Gasteiger partial charge < -0.3 is 5.32 Å². The van der Waals surface area contributed by atoms with Crippen LogP contribution in [0.15, 0.2) is 33.9 Å². The molecule has 1 N–H and O–H groups in total. The van der Waals surface area contributed by atoms with Crippen LogP contribution in [0.5, 0.6) is 0 Å². The first-order valence-electron chi connectivity index (χ1n) is 10.3. The lowest BCUT2D eigenvalue weighted by Crippen LogP contribution is -2.41. The van der Waals surface area contributed by atoms with Crippen molar-refractivity contribution >= 4 is 55.3 Å². The Balaban J connectivity index is 1.39. The Kier molecular flexibility index (Phi) is 6.74. The number of halogens is 1. The molecule has 1 amide bonds. The molecule has 0 bridgehead atoms. The molecule has 6 nitrogen and oxygen atoms in total. The first-order valence-corrected chi connectivity index (χ1v) is 13.8. The van der Waals surface area contributed by atoms with E-state index in [0.29, 0.717) is 35.4 Å². The van der Waals surface area contributed by atoms with Gasteiger partial charge in [0.05, 0.1) is 10.0 Å². The number of thiazole rings is 1. The first-order chi connectivity index (χ1) is 15.1. The quantitative estimate of drug-likeness (QED) is 0.493. The number of nitrogens with zero attached hydrogens (tertiary/aromatic N) is 2. The lowest BCUT2D eigenvalue weighted by Gasteiger charge is -2.29. The van der Waals surface area contributed by atoms with Gasteiger partial charge in [-0.3, -0.25) is 4.79 Å². The Labute approximate surface area is 201 Å². The van der Waals surface area contributed by atoms with E-state index in [9.17, 15) is 13.2 Å². The van der Waals surface area contributed by atoms with E-state index in [2.05, 4.69) is 43.2 Å². The highest BCUT2D eigenvalue weighted by Gasteiger charge is 2.33. The van der Waals surface area contributed by atoms with Crippen molar-refractivity contribution in [2.24, 2.45) is 5.92 Å². The number of nitrogens with one attached hydrogen (secondary N) is 1. The summed E-state index contributed by atoms with van der Waals surface area (Å²) in [5, 5.41) is 5.45. The standard InChI is InChI=1S/C22H24ClN3O3S3/c1-13-10-14(2)20(15(3)11-13)17-12-30-22(24-17)25-21(27)16-6-8-26(9-7-16)32(28,29)19-5-4-18(23)31-19/h4-5,10-12,16H,6-9H2,1-3H3,(H,24,25,27). The van der Waals surface area contributed by atoms with Crippen LogP contribution in [-0.4, -0.2) is 36.7 Å². The van der Waals surface area contributed by atoms with Gasteiger partial charge in [0.2, 0.25) is 5.91 Å². The van der Waals surface area contributed by atoms with Crippen molar-refractivity contribution in [2.75, 3.05) is 18.4 Å². The zero-order valence-electron chi connectivity index (χ0n) is 18.0. The number of carbonyl (C=O) groups is 1. The number of aromatic nitrogens is 1. The number of benzene rings is 1. The number of piperidine rings is 1. The van der Waals surface area contributed by atoms with Crippen LogP contribution in [0.25, 0.3) is 11.3 Å². The molecule has 0 radical (unpaired) electrons. The second kappa shape index (κ2) is 9.23. The smallest absolute Gasteiger partial charge is 0.252 e. The second-order valence-corrected chi connectivity index (χ2v) is 12.8. The first kappa shape index (κ1) is 23.4. The summed E-state index contributed by atoms with van der Waals surface area (Å²) in [5.74, 6) is -0.358. The third-order valence-electron chi connectivity index (χ3n) is 5.63. The molecule has 32 heavy (non-hydrogen) atoms. The largest absolute Gasteiger partial charge is 0.302 e. The van der Waals surface area contributed by atoms with E-state index < -0.39 is 10.0 Å². The summed E-state index contributed by atoms with van der Waals surface area (Å²) in [5.41, 5.74) is 5.48. The van der Waals surface area contributed by atoms with Crippen molar-refractivity contribution in [3.05, 3.63) is 50.7 Å². The molecule has 170 valence electrons. The summed E-state index contributed by atoms with van der Waals surface area (Å²) in [6, 6.07) is 7.37. The van der Waals surface area contributed by atoms with E-state index in [1.54, 1.807) is 6.07 Å². The van der Waals surface area contributed by atoms with E-state index in [1.807, 2.05) is 5.38 Å². The number of sulfonamides is 1. The Morgan fingerprint density at radius 3 is 2.41 bits per heavy atom. The molecular formula is C22H24ClN3O3S3. The van der Waals surface area contributed by atoms with Crippen LogP contribution in [0.4, 0.5) is 5.13 Å². The number of amides is 1. The number of anilines is 1. The minimum atomic E-state index is -3.56. The monoisotopic (exact) mass is 509 g/mol. The zero-order valence-corrected chi connectivity index (χ0v) is 21.2. The van der Waals surface area contributed by atoms with Crippen LogP contribution >= 0.6 is 34.3 Å². The number of carbonyl (C=O) groups excluding carboxylic acids is 1. The molecule has 0 spiro atoms. The number of hydrogen-bond acceptors (Lipinski definition) is 6. The Morgan fingerprint density at radius 1 is 1.16 bits per heavy atom. The summed E-state index contributed by atoms with van der Waals surface area (Å²) >= 11 is 8.34. The molecular weight excluding hydrogens is 486 g/mol. The lowest BCUT2D eigenvalue weighted by molar-refractivity contribution is -0.120. The molecule has 1 fully saturated rings. The Morgan fingerprint density at radius 2 is 1.81 bits per heavy atom. The van der Waals surface area contributed by atoms with Gasteiger partial charge in [0.1, 0.15) is 4.21 Å². The third kappa shape index (κ3) is 4.77. The number of aryl methyl sites for hydroxylation is 3. The third-order valence-corrected chi connectivity index (χ3v) is 9.99. The van der Waals surface area contributed by atoms with Crippen molar-refractivity contribution in [3.63, 3.8) is 0 Å². The van der Waals surface area contributed by atoms with Crippen LogP contribution in [0.1, 0.15) is 29.5 Å². The predicted octanol–water partition coefficient (Wildman–Crippen LogP) is 5.49. The summed E-state index contributed by atoms with van der Waals surface area (Å²) in [6.07, 6.45) is 0.942. The van der Waals surface area contributed by atoms with Crippen molar-refractivity contribution in [1.29, 1.82) is 0 Å². The van der Waals surface area contributed by atoms with Gasteiger partial charge in [0.25, 0.3) is 10.0 Å². The summed E-state index contributed by atoms with van der Waals surface area (Å²) in [6.45, 7) is 6.82. The van der Waals surface area contributed by atoms with Crippen molar-refractivity contribution in [2.45, 2.75) is 37.8 Å². The predicted molar refractivity (Wildman–Crippen MR) is 131 cm³/mol. The molecule has 10 heteroatoms. The molecule has 3 aromatic rings. The molecule has 1 aliphatic rings. The SMILES string of the molecule is Cc1cc(C)c(-c2csc(NC(=O)C3CCN(S(=O)(=O)c4ccc(Cl)s4)CC3)n2)c(C)c1. The highest BCUT2D eigenvalue weighted by molar-refractivity contribution is 7.91. The van der Waals surface area contributed by atoms with Crippen LogP contribution < -0.4 is 5.32 Å². The Hall–Kier alpha value is -1.78. The molecule has 1 aromatic carbocycles. The van der Waals surface area contributed by atoms with Gasteiger partial charge in [-0.1, -0.05) is 29.3 Å². The summed E-state index contributed by atoms with van der Waals surface area (Å²) in [4.78, 5) is 17.4. The van der Waals surface area contributed by atoms with Crippen LogP contribution in [0.2, 0.25) is 4.34 Å². The number of thiophene rings is 1. The lowest BCUT2D eigenvalue weighted by atomic mass is 9.97. The average Bonchev–Trinajstić information content (AvgIpc) is 3.37. The fourth-order valence-corrected chi connectivity index (χ4v) is 7.97. The second-order valence-electron chi connectivity index (χ2n) is 8.04. The number of hydrogen-bond donors (Lipinski definition) is 1. The summed E-state index contributed by atoms with van der Waals surface area (Å²) < 4.78 is 27.6. The maximum Gasteiger partial charge on any atom is 0.252 e. The van der Waals surface area contributed by atoms with Gasteiger partial charge in [0, 0.05) is 30.0 Å². The van der Waals surface area contributed by atoms with Crippen molar-refractivity contribution in [1.82, 2.24) is 9.29 Å². The van der Waals surface area contributed by atoms with E-state index >= 15 is 0 Å². The van der Waals surface area contributed by atoms with Crippen LogP contribution in [0.3, 0.4) is 0 Å². The molecule has 0 unspecified atom stereocenters. The van der Waals surface area contributed by atoms with E-state index in [0.717, 1.165) is 33.7 Å². The maximum atomic E-state index is 12.8. The fraction of sp³-hybridized carbons (Fsp3) is 0.364. The van der Waals surface area contributed by atoms with Gasteiger partial charge in [0.15, 0.2) is 5.13 Å². The Bertz CT molecular complexity index is 1240. The van der Waals surface area contributed by atoms with Gasteiger partial charge >= 0.3 is 0 Å². The molecule has 0 atom stereocenters. The van der Waals surface area contributed by atoms with Crippen LogP contribution in [-0.2, 0) is 14.8 Å². The van der Waals surface area contributed by atoms with E-state index in [-0.39, 0.29) is 16.0 Å². The maximum absolute atomic E-state index is 12.8. The highest BCUT2D eigenvalue weighted by atomic mass is 35.5. The summed E-state index contributed by atoms with van der Waals surface area (Å²) in [7, 11) is -3.56. The van der Waals surface area contributed by atoms with E-state index in [4.69, 9.17) is 11.6 Å². The topological polar surface area (TPSA) is 79.4 Å². The highest BCUT2D eigenvalue weighted by Crippen LogP contribution is 2.33. The molecule has 0 aliphatic carbocycles. The van der Waals surface area contributed by atoms with Crippen molar-refractivity contribution in [3.8, 4) is 11.3 Å². The van der Waals surface area contributed by atoms with Gasteiger partial charge in [-0.25, -0.2) is 13.4 Å². The van der Waals surface area contributed by atoms with Gasteiger partial charge in [-0.05, 0) is 56.9 Å². The zero-order chi connectivity index (χ0) is 23.0. The normalized spacial score (nSPS) is 15.8. The molecule has 0 saturated carbocycles. The van der Waals surface area contributed by atoms with Gasteiger partial charge in [-0.2, -0.15) is 4.31 Å². The van der Waals surface area contributed by atoms with E-state index in [1.165, 1.54) is 27.3 Å². The molecule has 2 aromatic heterocycles.